The van der Waals surface area contributed by atoms with Crippen LogP contribution in [0.3, 0.4) is 0 Å². The molecule has 0 aliphatic carbocycles. The molecule has 0 bridgehead atoms. The normalized spacial score (nSPS) is 15.2. The van der Waals surface area contributed by atoms with Crippen LogP contribution >= 0.6 is 0 Å². The number of aliphatic hydroxyl groups excluding tert-OH is 1. The molecule has 0 fully saturated rings. The minimum Gasteiger partial charge on any atom is -0.481 e. The SMILES string of the molecule is CC(O)C(NC(=O)C(CC(=O)O)NC(=O)C(N)CC(N)=O)C(=O)NC(CC(N)=O)C(=O)O. The number of hydrogen-bond donors (Lipinski definition) is 9. The van der Waals surface area contributed by atoms with Crippen LogP contribution in [-0.4, -0.2) is 87.1 Å². The zero-order valence-corrected chi connectivity index (χ0v) is 16.9. The molecule has 12 N–H and O–H groups in total. The van der Waals surface area contributed by atoms with Crippen LogP contribution in [-0.2, 0) is 33.6 Å². The quantitative estimate of drug-likeness (QED) is 0.117. The van der Waals surface area contributed by atoms with Gasteiger partial charge in [0.25, 0.3) is 0 Å². The molecular weight excluding hydrogens is 436 g/mol. The maximum atomic E-state index is 12.5. The lowest BCUT2D eigenvalue weighted by atomic mass is 10.1. The van der Waals surface area contributed by atoms with E-state index in [0.29, 0.717) is 0 Å². The first-order chi connectivity index (χ1) is 14.6. The number of amides is 5. The highest BCUT2D eigenvalue weighted by Crippen LogP contribution is 2.02. The molecule has 16 nitrogen and oxygen atoms in total. The minimum atomic E-state index is -1.80. The largest absolute Gasteiger partial charge is 0.481 e. The van der Waals surface area contributed by atoms with Crippen molar-refractivity contribution in [3.63, 3.8) is 0 Å². The average Bonchev–Trinajstić information content (AvgIpc) is 2.62. The van der Waals surface area contributed by atoms with Crippen molar-refractivity contribution in [3.05, 3.63) is 0 Å². The summed E-state index contributed by atoms with van der Waals surface area (Å²) in [5.41, 5.74) is 15.2. The Morgan fingerprint density at radius 2 is 1.25 bits per heavy atom. The Balaban J connectivity index is 5.47. The number of rotatable bonds is 14. The van der Waals surface area contributed by atoms with Crippen molar-refractivity contribution in [3.8, 4) is 0 Å². The molecule has 0 heterocycles. The summed E-state index contributed by atoms with van der Waals surface area (Å²) in [4.78, 5) is 80.8. The van der Waals surface area contributed by atoms with Crippen LogP contribution in [0.1, 0.15) is 26.2 Å². The van der Waals surface area contributed by atoms with Gasteiger partial charge in [0.1, 0.15) is 18.1 Å². The van der Waals surface area contributed by atoms with E-state index in [9.17, 15) is 38.7 Å². The fraction of sp³-hybridized carbons (Fsp3) is 0.562. The van der Waals surface area contributed by atoms with E-state index in [4.69, 9.17) is 27.4 Å². The van der Waals surface area contributed by atoms with Gasteiger partial charge in [-0.3, -0.25) is 28.8 Å². The summed E-state index contributed by atoms with van der Waals surface area (Å²) in [5.74, 6) is -8.68. The summed E-state index contributed by atoms with van der Waals surface area (Å²) in [6, 6.07) is -6.84. The van der Waals surface area contributed by atoms with E-state index in [-0.39, 0.29) is 0 Å². The number of aliphatic hydroxyl groups is 1. The number of carboxylic acids is 2. The molecule has 5 amide bonds. The van der Waals surface area contributed by atoms with E-state index < -0.39 is 91.0 Å². The first-order valence-corrected chi connectivity index (χ1v) is 9.01. The average molecular weight is 462 g/mol. The minimum absolute atomic E-state index is 0.595. The molecule has 0 aromatic heterocycles. The lowest BCUT2D eigenvalue weighted by Crippen LogP contribution is -2.60. The zero-order chi connectivity index (χ0) is 25.2. The fourth-order valence-corrected chi connectivity index (χ4v) is 2.29. The Morgan fingerprint density at radius 1 is 0.750 bits per heavy atom. The summed E-state index contributed by atoms with van der Waals surface area (Å²) in [6.45, 7) is 1.06. The van der Waals surface area contributed by atoms with Gasteiger partial charge in [0.05, 0.1) is 31.4 Å². The third kappa shape index (κ3) is 10.3. The maximum Gasteiger partial charge on any atom is 0.326 e. The zero-order valence-electron chi connectivity index (χ0n) is 16.9. The van der Waals surface area contributed by atoms with Crippen molar-refractivity contribution in [2.75, 3.05) is 0 Å². The monoisotopic (exact) mass is 462 g/mol. The van der Waals surface area contributed by atoms with Gasteiger partial charge in [0.2, 0.25) is 29.5 Å². The first kappa shape index (κ1) is 28.2. The Labute approximate surface area is 180 Å². The highest BCUT2D eigenvalue weighted by atomic mass is 16.4. The smallest absolute Gasteiger partial charge is 0.326 e. The lowest BCUT2D eigenvalue weighted by molar-refractivity contribution is -0.145. The van der Waals surface area contributed by atoms with Crippen LogP contribution in [0.2, 0.25) is 0 Å². The highest BCUT2D eigenvalue weighted by Gasteiger charge is 2.34. The van der Waals surface area contributed by atoms with Crippen molar-refractivity contribution in [1.82, 2.24) is 16.0 Å². The molecule has 0 rings (SSSR count). The summed E-state index contributed by atoms with van der Waals surface area (Å²) >= 11 is 0. The Morgan fingerprint density at radius 3 is 1.66 bits per heavy atom. The van der Waals surface area contributed by atoms with Crippen molar-refractivity contribution in [1.29, 1.82) is 0 Å². The van der Waals surface area contributed by atoms with Crippen molar-refractivity contribution in [2.45, 2.75) is 56.5 Å². The van der Waals surface area contributed by atoms with Crippen molar-refractivity contribution >= 4 is 41.5 Å². The van der Waals surface area contributed by atoms with Crippen molar-refractivity contribution in [2.24, 2.45) is 17.2 Å². The van der Waals surface area contributed by atoms with Crippen LogP contribution < -0.4 is 33.2 Å². The summed E-state index contributed by atoms with van der Waals surface area (Å²) in [5, 5.41) is 33.7. The molecule has 5 atom stereocenters. The third-order valence-electron chi connectivity index (χ3n) is 3.85. The second kappa shape index (κ2) is 12.8. The molecular formula is C16H26N6O10. The van der Waals surface area contributed by atoms with Gasteiger partial charge < -0.3 is 48.5 Å². The van der Waals surface area contributed by atoms with Crippen LogP contribution in [0.5, 0.6) is 0 Å². The summed E-state index contributed by atoms with van der Waals surface area (Å²) in [6.07, 6.45) is -3.95. The summed E-state index contributed by atoms with van der Waals surface area (Å²) in [7, 11) is 0. The standard InChI is InChI=1S/C16H26N6O10/c1-5(23)12(15(30)21-8(16(31)32)3-10(19)25)22-14(29)7(4-11(26)27)20-13(28)6(17)2-9(18)24/h5-8,12,23H,2-4,17H2,1H3,(H2,18,24)(H2,19,25)(H,20,28)(H,21,30)(H,22,29)(H,26,27)(H,31,32). The van der Waals surface area contributed by atoms with Gasteiger partial charge >= 0.3 is 11.9 Å². The second-order valence-electron chi connectivity index (χ2n) is 6.73. The summed E-state index contributed by atoms with van der Waals surface area (Å²) < 4.78 is 0. The Bertz CT molecular complexity index is 770. The molecule has 0 aliphatic heterocycles. The predicted octanol–water partition coefficient (Wildman–Crippen LogP) is -5.54. The van der Waals surface area contributed by atoms with Gasteiger partial charge in [-0.05, 0) is 6.92 Å². The molecule has 0 saturated heterocycles. The lowest BCUT2D eigenvalue weighted by Gasteiger charge is -2.25. The molecule has 5 unspecified atom stereocenters. The van der Waals surface area contributed by atoms with Crippen LogP contribution in [0.25, 0.3) is 0 Å². The van der Waals surface area contributed by atoms with E-state index in [1.54, 1.807) is 0 Å². The molecule has 0 spiro atoms. The molecule has 0 aliphatic rings. The van der Waals surface area contributed by atoms with Gasteiger partial charge in [0, 0.05) is 0 Å². The van der Waals surface area contributed by atoms with Crippen molar-refractivity contribution < 1.29 is 48.9 Å². The number of hydrogen-bond acceptors (Lipinski definition) is 9. The second-order valence-corrected chi connectivity index (χ2v) is 6.73. The van der Waals surface area contributed by atoms with Gasteiger partial charge in [0.15, 0.2) is 0 Å². The van der Waals surface area contributed by atoms with E-state index in [2.05, 4.69) is 0 Å². The van der Waals surface area contributed by atoms with Gasteiger partial charge in [-0.1, -0.05) is 0 Å². The molecule has 0 saturated carbocycles. The maximum absolute atomic E-state index is 12.5. The molecule has 32 heavy (non-hydrogen) atoms. The molecule has 180 valence electrons. The predicted molar refractivity (Wildman–Crippen MR) is 103 cm³/mol. The molecule has 0 aromatic rings. The number of primary amides is 2. The number of carbonyl (C=O) groups is 7. The Kier molecular flexibility index (Phi) is 11.3. The Hall–Kier alpha value is -3.79. The molecule has 0 radical (unpaired) electrons. The number of aliphatic carboxylic acids is 2. The number of nitrogens with two attached hydrogens (primary N) is 3. The topological polar surface area (TPSA) is 294 Å². The van der Waals surface area contributed by atoms with Gasteiger partial charge in [-0.15, -0.1) is 0 Å². The van der Waals surface area contributed by atoms with E-state index in [1.807, 2.05) is 16.0 Å². The number of nitrogens with one attached hydrogen (secondary N) is 3. The van der Waals surface area contributed by atoms with Crippen LogP contribution in [0.4, 0.5) is 0 Å². The number of carboxylic acid groups (broad SMARTS) is 2. The third-order valence-corrected chi connectivity index (χ3v) is 3.85. The van der Waals surface area contributed by atoms with Crippen LogP contribution in [0, 0.1) is 0 Å². The van der Waals surface area contributed by atoms with E-state index >= 15 is 0 Å². The number of carbonyl (C=O) groups excluding carboxylic acids is 5. The van der Waals surface area contributed by atoms with Gasteiger partial charge in [-0.25, -0.2) is 4.79 Å². The van der Waals surface area contributed by atoms with Gasteiger partial charge in [-0.2, -0.15) is 0 Å². The molecule has 0 aromatic carbocycles. The highest BCUT2D eigenvalue weighted by molar-refractivity contribution is 5.97. The fourth-order valence-electron chi connectivity index (χ4n) is 2.29. The van der Waals surface area contributed by atoms with E-state index in [1.165, 1.54) is 0 Å². The van der Waals surface area contributed by atoms with Crippen LogP contribution in [0.15, 0.2) is 0 Å². The first-order valence-electron chi connectivity index (χ1n) is 9.01. The molecule has 16 heteroatoms. The van der Waals surface area contributed by atoms with E-state index in [0.717, 1.165) is 6.92 Å².